The predicted octanol–water partition coefficient (Wildman–Crippen LogP) is 3.85. The Labute approximate surface area is 115 Å². The molecular formula is C16H11NOS. The van der Waals surface area contributed by atoms with Gasteiger partial charge in [0.2, 0.25) is 0 Å². The largest absolute Gasteiger partial charge is 0.349 e. The molecule has 0 aromatic heterocycles. The number of allylic oxidation sites excluding steroid dienone is 1. The highest BCUT2D eigenvalue weighted by Crippen LogP contribution is 2.44. The number of anilines is 1. The molecule has 0 spiro atoms. The lowest BCUT2D eigenvalue weighted by atomic mass is 10.1. The molecule has 3 heteroatoms. The summed E-state index contributed by atoms with van der Waals surface area (Å²) in [5.41, 5.74) is 3.97. The Bertz CT molecular complexity index is 706. The number of carbonyl (C=O) groups is 1. The molecule has 0 atom stereocenters. The summed E-state index contributed by atoms with van der Waals surface area (Å²) in [6, 6.07) is 16.0. The van der Waals surface area contributed by atoms with E-state index in [0.29, 0.717) is 0 Å². The Morgan fingerprint density at radius 3 is 2.63 bits per heavy atom. The van der Waals surface area contributed by atoms with Crippen LogP contribution in [0.4, 0.5) is 5.69 Å². The van der Waals surface area contributed by atoms with E-state index in [1.54, 1.807) is 11.8 Å². The first-order valence-electron chi connectivity index (χ1n) is 6.22. The van der Waals surface area contributed by atoms with Gasteiger partial charge in [0, 0.05) is 22.5 Å². The maximum Gasteiger partial charge on any atom is 0.192 e. The van der Waals surface area contributed by atoms with Gasteiger partial charge in [0.1, 0.15) is 0 Å². The minimum atomic E-state index is 0.165. The third kappa shape index (κ3) is 1.62. The van der Waals surface area contributed by atoms with Crippen molar-refractivity contribution in [3.63, 3.8) is 0 Å². The summed E-state index contributed by atoms with van der Waals surface area (Å²) in [6.45, 7) is 0. The fraction of sp³-hybridized carbons (Fsp3) is 0.0625. The first-order chi connectivity index (χ1) is 9.33. The van der Waals surface area contributed by atoms with Crippen molar-refractivity contribution < 1.29 is 4.79 Å². The number of hydrogen-bond acceptors (Lipinski definition) is 3. The van der Waals surface area contributed by atoms with Gasteiger partial charge < -0.3 is 5.32 Å². The van der Waals surface area contributed by atoms with Crippen LogP contribution in [0.15, 0.2) is 64.0 Å². The Kier molecular flexibility index (Phi) is 2.29. The van der Waals surface area contributed by atoms with E-state index in [0.717, 1.165) is 33.8 Å². The quantitative estimate of drug-likeness (QED) is 0.733. The molecule has 0 unspecified atom stereocenters. The minimum absolute atomic E-state index is 0.165. The number of nitrogens with one attached hydrogen (secondary N) is 1. The number of rotatable bonds is 0. The monoisotopic (exact) mass is 265 g/mol. The van der Waals surface area contributed by atoms with Gasteiger partial charge in [-0.05, 0) is 17.7 Å². The Hall–Kier alpha value is -2.00. The number of carbonyl (C=O) groups excluding carboxylic acids is 1. The third-order valence-electron chi connectivity index (χ3n) is 3.52. The van der Waals surface area contributed by atoms with Gasteiger partial charge >= 0.3 is 0 Å². The Morgan fingerprint density at radius 1 is 1.00 bits per heavy atom. The number of para-hydroxylation sites is 1. The molecule has 0 bridgehead atoms. The summed E-state index contributed by atoms with van der Waals surface area (Å²) in [7, 11) is 0. The number of thioether (sulfide) groups is 1. The first kappa shape index (κ1) is 10.9. The van der Waals surface area contributed by atoms with Crippen LogP contribution in [0, 0.1) is 0 Å². The zero-order chi connectivity index (χ0) is 12.8. The highest BCUT2D eigenvalue weighted by atomic mass is 32.2. The van der Waals surface area contributed by atoms with Crippen molar-refractivity contribution in [3.8, 4) is 0 Å². The van der Waals surface area contributed by atoms with Gasteiger partial charge in [-0.1, -0.05) is 48.2 Å². The van der Waals surface area contributed by atoms with Crippen LogP contribution in [-0.2, 0) is 6.42 Å². The number of Topliss-reactive ketones (excluding diaryl/α,β-unsaturated/α-hetero) is 1. The van der Waals surface area contributed by atoms with Crippen molar-refractivity contribution in [2.75, 3.05) is 5.32 Å². The molecule has 1 aliphatic heterocycles. The summed E-state index contributed by atoms with van der Waals surface area (Å²) in [4.78, 5) is 13.6. The highest BCUT2D eigenvalue weighted by molar-refractivity contribution is 8.03. The molecule has 1 heterocycles. The van der Waals surface area contributed by atoms with E-state index < -0.39 is 0 Å². The number of benzene rings is 2. The van der Waals surface area contributed by atoms with Crippen molar-refractivity contribution in [1.29, 1.82) is 0 Å². The maximum absolute atomic E-state index is 12.4. The number of hydrogen-bond donors (Lipinski definition) is 1. The molecule has 1 N–H and O–H groups in total. The smallest absolute Gasteiger partial charge is 0.192 e. The molecule has 2 aromatic carbocycles. The molecule has 4 rings (SSSR count). The van der Waals surface area contributed by atoms with Crippen molar-refractivity contribution in [3.05, 3.63) is 70.3 Å². The lowest BCUT2D eigenvalue weighted by Gasteiger charge is -2.02. The van der Waals surface area contributed by atoms with Crippen molar-refractivity contribution in [2.24, 2.45) is 0 Å². The van der Waals surface area contributed by atoms with Gasteiger partial charge in [-0.15, -0.1) is 0 Å². The molecule has 1 aliphatic carbocycles. The van der Waals surface area contributed by atoms with Gasteiger partial charge in [0.05, 0.1) is 10.7 Å². The van der Waals surface area contributed by atoms with Crippen molar-refractivity contribution in [1.82, 2.24) is 0 Å². The van der Waals surface area contributed by atoms with E-state index in [2.05, 4.69) is 11.4 Å². The summed E-state index contributed by atoms with van der Waals surface area (Å²) in [5.74, 6) is 0.165. The second-order valence-electron chi connectivity index (χ2n) is 4.69. The molecule has 0 fully saturated rings. The van der Waals surface area contributed by atoms with E-state index in [9.17, 15) is 4.79 Å². The maximum atomic E-state index is 12.4. The van der Waals surface area contributed by atoms with Crippen LogP contribution >= 0.6 is 11.8 Å². The fourth-order valence-electron chi connectivity index (χ4n) is 2.57. The van der Waals surface area contributed by atoms with Crippen LogP contribution in [-0.4, -0.2) is 5.78 Å². The predicted molar refractivity (Wildman–Crippen MR) is 77.4 cm³/mol. The number of ketones is 1. The van der Waals surface area contributed by atoms with E-state index in [1.165, 1.54) is 4.90 Å². The van der Waals surface area contributed by atoms with E-state index in [-0.39, 0.29) is 5.78 Å². The van der Waals surface area contributed by atoms with E-state index >= 15 is 0 Å². The summed E-state index contributed by atoms with van der Waals surface area (Å²) < 4.78 is 0. The number of fused-ring (bicyclic) bond motifs is 2. The van der Waals surface area contributed by atoms with Crippen LogP contribution in [0.1, 0.15) is 15.9 Å². The van der Waals surface area contributed by atoms with E-state index in [1.807, 2.05) is 42.5 Å². The van der Waals surface area contributed by atoms with Crippen LogP contribution < -0.4 is 5.32 Å². The molecule has 19 heavy (non-hydrogen) atoms. The van der Waals surface area contributed by atoms with Gasteiger partial charge in [-0.2, -0.15) is 0 Å². The normalized spacial score (nSPS) is 20.1. The van der Waals surface area contributed by atoms with Gasteiger partial charge in [-0.25, -0.2) is 0 Å². The fourth-order valence-corrected chi connectivity index (χ4v) is 3.61. The topological polar surface area (TPSA) is 29.1 Å². The molecule has 0 radical (unpaired) electrons. The van der Waals surface area contributed by atoms with Crippen LogP contribution in [0.5, 0.6) is 0 Å². The van der Waals surface area contributed by atoms with E-state index in [4.69, 9.17) is 0 Å². The van der Waals surface area contributed by atoms with Gasteiger partial charge in [-0.3, -0.25) is 4.79 Å². The second-order valence-corrected chi connectivity index (χ2v) is 5.75. The average Bonchev–Trinajstić information content (AvgIpc) is 3.00. The lowest BCUT2D eigenvalue weighted by molar-refractivity contribution is 0.103. The molecule has 0 amide bonds. The highest BCUT2D eigenvalue weighted by Gasteiger charge is 2.30. The van der Waals surface area contributed by atoms with Crippen LogP contribution in [0.2, 0.25) is 0 Å². The zero-order valence-corrected chi connectivity index (χ0v) is 11.0. The molecule has 0 saturated heterocycles. The van der Waals surface area contributed by atoms with Gasteiger partial charge in [0.25, 0.3) is 0 Å². The summed E-state index contributed by atoms with van der Waals surface area (Å²) >= 11 is 1.66. The standard InChI is InChI=1S/C16H11NOS/c18-15-11-6-2-1-5-10(11)9-12(15)16-17-13-7-3-4-8-14(13)19-16/h1-8,17H,9H2/b16-12-. The van der Waals surface area contributed by atoms with Crippen LogP contribution in [0.3, 0.4) is 0 Å². The molecule has 2 aliphatic rings. The first-order valence-corrected chi connectivity index (χ1v) is 7.04. The molecule has 0 saturated carbocycles. The molecule has 92 valence electrons. The Morgan fingerprint density at radius 2 is 1.79 bits per heavy atom. The molecule has 2 nitrogen and oxygen atoms in total. The van der Waals surface area contributed by atoms with Crippen molar-refractivity contribution >= 4 is 23.2 Å². The third-order valence-corrected chi connectivity index (χ3v) is 4.65. The average molecular weight is 265 g/mol. The molecular weight excluding hydrogens is 254 g/mol. The lowest BCUT2D eigenvalue weighted by Crippen LogP contribution is -2.02. The van der Waals surface area contributed by atoms with Crippen molar-refractivity contribution in [2.45, 2.75) is 11.3 Å². The van der Waals surface area contributed by atoms with Crippen LogP contribution in [0.25, 0.3) is 0 Å². The molecule has 2 aromatic rings. The van der Waals surface area contributed by atoms with Gasteiger partial charge in [0.15, 0.2) is 5.78 Å². The summed E-state index contributed by atoms with van der Waals surface area (Å²) in [6.07, 6.45) is 0.734. The second kappa shape index (κ2) is 4.00. The SMILES string of the molecule is O=C1/C(=C2/Nc3ccccc3S2)Cc2ccccc21. The zero-order valence-electron chi connectivity index (χ0n) is 10.1. The Balaban J connectivity index is 1.77. The minimum Gasteiger partial charge on any atom is -0.349 e. The summed E-state index contributed by atoms with van der Waals surface area (Å²) in [5, 5.41) is 4.35.